The second-order valence-electron chi connectivity index (χ2n) is 4.69. The van der Waals surface area contributed by atoms with Gasteiger partial charge in [0.05, 0.1) is 11.6 Å². The van der Waals surface area contributed by atoms with E-state index in [0.717, 1.165) is 18.2 Å². The predicted octanol–water partition coefficient (Wildman–Crippen LogP) is 4.34. The molecule has 1 atom stereocenters. The highest BCUT2D eigenvalue weighted by Gasteiger charge is 2.31. The van der Waals surface area contributed by atoms with Crippen LogP contribution < -0.4 is 5.73 Å². The molecule has 0 aliphatic carbocycles. The highest BCUT2D eigenvalue weighted by Crippen LogP contribution is 2.33. The van der Waals surface area contributed by atoms with Crippen molar-refractivity contribution in [2.75, 3.05) is 0 Å². The van der Waals surface area contributed by atoms with Crippen molar-refractivity contribution in [2.24, 2.45) is 5.73 Å². The Kier molecular flexibility index (Phi) is 4.00. The summed E-state index contributed by atoms with van der Waals surface area (Å²) in [6, 6.07) is 5.51. The van der Waals surface area contributed by atoms with Crippen molar-refractivity contribution in [3.8, 4) is 0 Å². The Morgan fingerprint density at radius 2 is 1.67 bits per heavy atom. The third kappa shape index (κ3) is 3.05. The Bertz CT molecular complexity index is 664. The van der Waals surface area contributed by atoms with E-state index >= 15 is 0 Å². The van der Waals surface area contributed by atoms with E-state index in [0.29, 0.717) is 5.56 Å². The number of aryl methyl sites for hydroxylation is 1. The molecule has 2 aromatic carbocycles. The summed E-state index contributed by atoms with van der Waals surface area (Å²) in [5.41, 5.74) is 5.53. The Morgan fingerprint density at radius 1 is 1.00 bits per heavy atom. The number of halogens is 5. The van der Waals surface area contributed by atoms with E-state index in [1.165, 1.54) is 25.1 Å². The third-order valence-electron chi connectivity index (χ3n) is 3.25. The van der Waals surface area contributed by atoms with Crippen molar-refractivity contribution in [3.63, 3.8) is 0 Å². The molecule has 0 saturated heterocycles. The van der Waals surface area contributed by atoms with E-state index < -0.39 is 29.4 Å². The molecule has 0 bridgehead atoms. The van der Waals surface area contributed by atoms with Crippen LogP contribution in [0.3, 0.4) is 0 Å². The lowest BCUT2D eigenvalue weighted by molar-refractivity contribution is -0.137. The molecule has 0 fully saturated rings. The van der Waals surface area contributed by atoms with Gasteiger partial charge in [-0.15, -0.1) is 0 Å². The first-order chi connectivity index (χ1) is 9.71. The molecule has 0 aliphatic heterocycles. The van der Waals surface area contributed by atoms with Gasteiger partial charge in [0, 0.05) is 5.56 Å². The van der Waals surface area contributed by atoms with Gasteiger partial charge < -0.3 is 5.73 Å². The average molecular weight is 301 g/mol. The molecular formula is C15H12F5N. The number of hydrogen-bond acceptors (Lipinski definition) is 1. The maximum atomic E-state index is 13.7. The lowest BCUT2D eigenvalue weighted by atomic mass is 9.94. The third-order valence-corrected chi connectivity index (χ3v) is 3.25. The Balaban J connectivity index is 2.45. The van der Waals surface area contributed by atoms with E-state index in [-0.39, 0.29) is 11.1 Å². The van der Waals surface area contributed by atoms with Gasteiger partial charge in [0.2, 0.25) is 0 Å². The van der Waals surface area contributed by atoms with Gasteiger partial charge >= 0.3 is 6.18 Å². The quantitative estimate of drug-likeness (QED) is 0.820. The van der Waals surface area contributed by atoms with Gasteiger partial charge in [0.15, 0.2) is 11.6 Å². The summed E-state index contributed by atoms with van der Waals surface area (Å²) in [7, 11) is 0. The smallest absolute Gasteiger partial charge is 0.320 e. The van der Waals surface area contributed by atoms with Crippen molar-refractivity contribution in [2.45, 2.75) is 19.1 Å². The fourth-order valence-corrected chi connectivity index (χ4v) is 2.13. The molecule has 112 valence electrons. The fourth-order valence-electron chi connectivity index (χ4n) is 2.13. The second-order valence-corrected chi connectivity index (χ2v) is 4.69. The molecule has 1 nitrogen and oxygen atoms in total. The van der Waals surface area contributed by atoms with E-state index in [1.807, 2.05) is 0 Å². The van der Waals surface area contributed by atoms with Crippen LogP contribution >= 0.6 is 0 Å². The maximum absolute atomic E-state index is 13.7. The van der Waals surface area contributed by atoms with Gasteiger partial charge in [0.25, 0.3) is 0 Å². The fraction of sp³-hybridized carbons (Fsp3) is 0.200. The number of hydrogen-bond donors (Lipinski definition) is 1. The molecule has 0 radical (unpaired) electrons. The monoisotopic (exact) mass is 301 g/mol. The van der Waals surface area contributed by atoms with Crippen LogP contribution in [-0.2, 0) is 6.18 Å². The zero-order chi connectivity index (χ0) is 15.8. The SMILES string of the molecule is Cc1cc(C(F)(F)F)ccc1C(N)c1cccc(F)c1F. The van der Waals surface area contributed by atoms with Crippen LogP contribution in [0.25, 0.3) is 0 Å². The highest BCUT2D eigenvalue weighted by molar-refractivity contribution is 5.40. The van der Waals surface area contributed by atoms with E-state index in [9.17, 15) is 22.0 Å². The van der Waals surface area contributed by atoms with Gasteiger partial charge in [0.1, 0.15) is 0 Å². The van der Waals surface area contributed by atoms with Crippen LogP contribution in [0, 0.1) is 18.6 Å². The minimum atomic E-state index is -4.46. The Labute approximate surface area is 118 Å². The zero-order valence-electron chi connectivity index (χ0n) is 11.0. The molecule has 21 heavy (non-hydrogen) atoms. The molecular weight excluding hydrogens is 289 g/mol. The summed E-state index contributed by atoms with van der Waals surface area (Å²) in [6.45, 7) is 1.45. The first kappa shape index (κ1) is 15.4. The number of alkyl halides is 3. The van der Waals surface area contributed by atoms with Crippen molar-refractivity contribution in [1.29, 1.82) is 0 Å². The average Bonchev–Trinajstić information content (AvgIpc) is 2.40. The summed E-state index contributed by atoms with van der Waals surface area (Å²) in [5, 5.41) is 0. The topological polar surface area (TPSA) is 26.0 Å². The second kappa shape index (κ2) is 5.44. The molecule has 6 heteroatoms. The van der Waals surface area contributed by atoms with Crippen molar-refractivity contribution in [1.82, 2.24) is 0 Å². The van der Waals surface area contributed by atoms with E-state index in [2.05, 4.69) is 0 Å². The van der Waals surface area contributed by atoms with Gasteiger partial charge in [-0.3, -0.25) is 0 Å². The van der Waals surface area contributed by atoms with Crippen molar-refractivity contribution < 1.29 is 22.0 Å². The molecule has 0 aliphatic rings. The highest BCUT2D eigenvalue weighted by atomic mass is 19.4. The number of rotatable bonds is 2. The minimum absolute atomic E-state index is 0.0992. The summed E-state index contributed by atoms with van der Waals surface area (Å²) in [4.78, 5) is 0. The van der Waals surface area contributed by atoms with Gasteiger partial charge in [-0.25, -0.2) is 8.78 Å². The molecule has 2 N–H and O–H groups in total. The molecule has 1 unspecified atom stereocenters. The zero-order valence-corrected chi connectivity index (χ0v) is 11.0. The molecule has 0 aromatic heterocycles. The normalized spacial score (nSPS) is 13.3. The first-order valence-corrected chi connectivity index (χ1v) is 6.09. The molecule has 0 saturated carbocycles. The Hall–Kier alpha value is -1.95. The molecule has 0 spiro atoms. The largest absolute Gasteiger partial charge is 0.416 e. The molecule has 0 heterocycles. The maximum Gasteiger partial charge on any atom is 0.416 e. The minimum Gasteiger partial charge on any atom is -0.320 e. The molecule has 2 aromatic rings. The van der Waals surface area contributed by atoms with Crippen LogP contribution in [0.5, 0.6) is 0 Å². The summed E-state index contributed by atoms with van der Waals surface area (Å²) in [5.74, 6) is -2.14. The number of benzene rings is 2. The van der Waals surface area contributed by atoms with E-state index in [4.69, 9.17) is 5.73 Å². The van der Waals surface area contributed by atoms with Crippen LogP contribution in [-0.4, -0.2) is 0 Å². The standard InChI is InChI=1S/C15H12F5N/c1-8-7-9(15(18,19)20)5-6-10(8)14(21)11-3-2-4-12(16)13(11)17/h2-7,14H,21H2,1H3. The van der Waals surface area contributed by atoms with Crippen molar-refractivity contribution >= 4 is 0 Å². The van der Waals surface area contributed by atoms with Crippen LogP contribution in [0.2, 0.25) is 0 Å². The first-order valence-electron chi connectivity index (χ1n) is 6.09. The van der Waals surface area contributed by atoms with Gasteiger partial charge in [-0.1, -0.05) is 18.2 Å². The molecule has 0 amide bonds. The summed E-state index contributed by atoms with van der Waals surface area (Å²) >= 11 is 0. The number of nitrogens with two attached hydrogens (primary N) is 1. The lowest BCUT2D eigenvalue weighted by Crippen LogP contribution is -2.16. The van der Waals surface area contributed by atoms with Crippen LogP contribution in [0.1, 0.15) is 28.3 Å². The summed E-state index contributed by atoms with van der Waals surface area (Å²) in [6.07, 6.45) is -4.46. The van der Waals surface area contributed by atoms with Crippen LogP contribution in [0.4, 0.5) is 22.0 Å². The van der Waals surface area contributed by atoms with Gasteiger partial charge in [-0.05, 0) is 36.2 Å². The van der Waals surface area contributed by atoms with E-state index in [1.54, 1.807) is 0 Å². The van der Waals surface area contributed by atoms with Crippen LogP contribution in [0.15, 0.2) is 36.4 Å². The molecule has 2 rings (SSSR count). The predicted molar refractivity (Wildman–Crippen MR) is 68.6 cm³/mol. The van der Waals surface area contributed by atoms with Gasteiger partial charge in [-0.2, -0.15) is 13.2 Å². The lowest BCUT2D eigenvalue weighted by Gasteiger charge is -2.17. The Morgan fingerprint density at radius 3 is 2.24 bits per heavy atom. The van der Waals surface area contributed by atoms with Crippen molar-refractivity contribution in [3.05, 3.63) is 70.3 Å². The summed E-state index contributed by atoms with van der Waals surface area (Å²) < 4.78 is 64.7.